The van der Waals surface area contributed by atoms with Gasteiger partial charge in [-0.05, 0) is 44.4 Å². The third-order valence-corrected chi connectivity index (χ3v) is 7.68. The minimum Gasteiger partial charge on any atom is -0.347 e. The normalized spacial score (nSPS) is 17.3. The van der Waals surface area contributed by atoms with Gasteiger partial charge < -0.3 is 4.90 Å². The Bertz CT molecular complexity index is 1190. The van der Waals surface area contributed by atoms with Crippen LogP contribution in [-0.4, -0.2) is 53.5 Å². The van der Waals surface area contributed by atoms with Gasteiger partial charge in [-0.25, -0.2) is 22.8 Å². The maximum absolute atomic E-state index is 13.6. The Morgan fingerprint density at radius 2 is 1.90 bits per heavy atom. The van der Waals surface area contributed by atoms with Gasteiger partial charge in [0.15, 0.2) is 0 Å². The van der Waals surface area contributed by atoms with Gasteiger partial charge in [0, 0.05) is 32.4 Å². The third-order valence-electron chi connectivity index (χ3n) is 5.51. The smallest absolute Gasteiger partial charge is 0.247 e. The first-order valence-electron chi connectivity index (χ1n) is 10.0. The number of hydrogen-bond donors (Lipinski definition) is 1. The van der Waals surface area contributed by atoms with Gasteiger partial charge in [0.25, 0.3) is 0 Å². The summed E-state index contributed by atoms with van der Waals surface area (Å²) in [4.78, 5) is 11.1. The summed E-state index contributed by atoms with van der Waals surface area (Å²) in [6.07, 6.45) is 3.03. The van der Waals surface area contributed by atoms with Crippen LogP contribution in [0.4, 0.5) is 10.3 Å². The topological polar surface area (TPSA) is 95.1 Å². The second-order valence-corrected chi connectivity index (χ2v) is 9.73. The average Bonchev–Trinajstić information content (AvgIpc) is 3.35. The molecule has 164 valence electrons. The average molecular weight is 445 g/mol. The fraction of sp³-hybridized carbons (Fsp3) is 0.381. The molecule has 1 aliphatic rings. The lowest BCUT2D eigenvalue weighted by Crippen LogP contribution is -2.32. The Morgan fingerprint density at radius 3 is 2.52 bits per heavy atom. The molecule has 3 heterocycles. The van der Waals surface area contributed by atoms with Gasteiger partial charge in [0.1, 0.15) is 10.7 Å². The van der Waals surface area contributed by atoms with Gasteiger partial charge >= 0.3 is 0 Å². The molecule has 1 aromatic carbocycles. The van der Waals surface area contributed by atoms with Crippen LogP contribution in [-0.2, 0) is 10.0 Å². The van der Waals surface area contributed by atoms with E-state index in [1.165, 1.54) is 16.4 Å². The maximum Gasteiger partial charge on any atom is 0.247 e. The summed E-state index contributed by atoms with van der Waals surface area (Å²) in [6.45, 7) is 3.78. The molecule has 31 heavy (non-hydrogen) atoms. The Labute approximate surface area is 181 Å². The molecule has 3 aromatic rings. The van der Waals surface area contributed by atoms with E-state index in [1.54, 1.807) is 37.1 Å². The highest BCUT2D eigenvalue weighted by Crippen LogP contribution is 2.40. The van der Waals surface area contributed by atoms with Crippen molar-refractivity contribution in [2.24, 2.45) is 0 Å². The Kier molecular flexibility index (Phi) is 5.52. The molecule has 0 radical (unpaired) electrons. The summed E-state index contributed by atoms with van der Waals surface area (Å²) in [6, 6.07) is 5.61. The molecule has 1 saturated heterocycles. The van der Waals surface area contributed by atoms with Crippen LogP contribution in [0.2, 0.25) is 0 Å². The number of H-pyrrole nitrogens is 1. The first kappa shape index (κ1) is 21.4. The van der Waals surface area contributed by atoms with Gasteiger partial charge in [0.2, 0.25) is 16.0 Å². The summed E-state index contributed by atoms with van der Waals surface area (Å²) in [5.74, 6) is 0.146. The van der Waals surface area contributed by atoms with E-state index in [0.717, 1.165) is 5.56 Å². The second kappa shape index (κ2) is 8.01. The molecule has 1 aliphatic heterocycles. The highest BCUT2D eigenvalue weighted by Gasteiger charge is 2.40. The highest BCUT2D eigenvalue weighted by atomic mass is 32.2. The molecule has 1 atom stereocenters. The molecule has 0 bridgehead atoms. The summed E-state index contributed by atoms with van der Waals surface area (Å²) in [5, 5.41) is 6.83. The van der Waals surface area contributed by atoms with Crippen molar-refractivity contribution in [3.63, 3.8) is 0 Å². The maximum atomic E-state index is 13.6. The van der Waals surface area contributed by atoms with Gasteiger partial charge in [-0.1, -0.05) is 12.1 Å². The van der Waals surface area contributed by atoms with Crippen molar-refractivity contribution in [1.29, 1.82) is 0 Å². The number of hydrogen-bond acceptors (Lipinski definition) is 6. The number of nitrogens with one attached hydrogen (secondary N) is 1. The van der Waals surface area contributed by atoms with E-state index in [2.05, 4.69) is 15.2 Å². The SMILES string of the molecule is Cc1n[nH]c(C)c1S(=O)(=O)N1CCC[C@@H]1c1nc(N(C)C)ncc1-c1ccc(F)cc1. The van der Waals surface area contributed by atoms with Crippen molar-refractivity contribution in [2.45, 2.75) is 37.6 Å². The minimum atomic E-state index is -3.79. The number of rotatable bonds is 5. The van der Waals surface area contributed by atoms with Crippen LogP contribution < -0.4 is 4.90 Å². The molecule has 4 rings (SSSR count). The molecule has 2 aromatic heterocycles. The zero-order valence-electron chi connectivity index (χ0n) is 17.9. The van der Waals surface area contributed by atoms with Crippen LogP contribution >= 0.6 is 0 Å². The molecule has 1 N–H and O–H groups in total. The second-order valence-electron chi connectivity index (χ2n) is 7.91. The van der Waals surface area contributed by atoms with E-state index >= 15 is 0 Å². The van der Waals surface area contributed by atoms with E-state index in [4.69, 9.17) is 4.98 Å². The Balaban J connectivity index is 1.85. The van der Waals surface area contributed by atoms with Crippen LogP contribution in [0, 0.1) is 19.7 Å². The van der Waals surface area contributed by atoms with Crippen LogP contribution in [0.5, 0.6) is 0 Å². The van der Waals surface area contributed by atoms with Crippen LogP contribution in [0.1, 0.15) is 36.0 Å². The lowest BCUT2D eigenvalue weighted by atomic mass is 10.0. The molecule has 0 unspecified atom stereocenters. The van der Waals surface area contributed by atoms with Gasteiger partial charge in [-0.15, -0.1) is 0 Å². The number of anilines is 1. The number of benzene rings is 1. The van der Waals surface area contributed by atoms with Gasteiger partial charge in [-0.2, -0.15) is 9.40 Å². The number of aryl methyl sites for hydroxylation is 2. The summed E-state index contributed by atoms with van der Waals surface area (Å²) in [7, 11) is -0.124. The van der Waals surface area contributed by atoms with E-state index in [9.17, 15) is 12.8 Å². The number of nitrogens with zero attached hydrogens (tertiary/aromatic N) is 5. The van der Waals surface area contributed by atoms with Crippen molar-refractivity contribution < 1.29 is 12.8 Å². The fourth-order valence-electron chi connectivity index (χ4n) is 4.05. The number of aromatic amines is 1. The Morgan fingerprint density at radius 1 is 1.19 bits per heavy atom. The van der Waals surface area contributed by atoms with Gasteiger partial charge in [0.05, 0.1) is 23.1 Å². The van der Waals surface area contributed by atoms with E-state index < -0.39 is 16.1 Å². The number of aromatic nitrogens is 4. The summed E-state index contributed by atoms with van der Waals surface area (Å²) in [5.41, 5.74) is 3.00. The van der Waals surface area contributed by atoms with Crippen LogP contribution in [0.3, 0.4) is 0 Å². The Hall–Kier alpha value is -2.85. The van der Waals surface area contributed by atoms with Crippen molar-refractivity contribution in [3.05, 3.63) is 53.4 Å². The number of sulfonamides is 1. The monoisotopic (exact) mass is 444 g/mol. The quantitative estimate of drug-likeness (QED) is 0.649. The molecule has 1 fully saturated rings. The van der Waals surface area contributed by atoms with Crippen molar-refractivity contribution in [2.75, 3.05) is 25.5 Å². The zero-order valence-corrected chi connectivity index (χ0v) is 18.7. The molecule has 8 nitrogen and oxygen atoms in total. The predicted molar refractivity (Wildman–Crippen MR) is 116 cm³/mol. The predicted octanol–water partition coefficient (Wildman–Crippen LogP) is 3.21. The lowest BCUT2D eigenvalue weighted by Gasteiger charge is -2.26. The first-order valence-corrected chi connectivity index (χ1v) is 11.5. The molecule has 0 saturated carbocycles. The summed E-state index contributed by atoms with van der Waals surface area (Å²) < 4.78 is 42.2. The minimum absolute atomic E-state index is 0.213. The van der Waals surface area contributed by atoms with Crippen LogP contribution in [0.15, 0.2) is 35.4 Å². The van der Waals surface area contributed by atoms with E-state index in [0.29, 0.717) is 48.0 Å². The van der Waals surface area contributed by atoms with Crippen molar-refractivity contribution >= 4 is 16.0 Å². The molecule has 10 heteroatoms. The number of halogens is 1. The third kappa shape index (κ3) is 3.81. The largest absolute Gasteiger partial charge is 0.347 e. The fourth-order valence-corrected chi connectivity index (χ4v) is 6.04. The standard InChI is InChI=1S/C21H25FN6O2S/c1-13-20(14(2)26-25-13)31(29,30)28-11-5-6-18(28)19-17(12-23-21(24-19)27(3)4)15-7-9-16(22)10-8-15/h7-10,12,18H,5-6,11H2,1-4H3,(H,25,26)/t18-/m1/s1. The first-order chi connectivity index (χ1) is 14.7. The molecular weight excluding hydrogens is 419 g/mol. The molecule has 0 spiro atoms. The van der Waals surface area contributed by atoms with E-state index in [-0.39, 0.29) is 10.7 Å². The zero-order chi connectivity index (χ0) is 22.3. The highest BCUT2D eigenvalue weighted by molar-refractivity contribution is 7.89. The van der Waals surface area contributed by atoms with Crippen molar-refractivity contribution in [1.82, 2.24) is 24.5 Å². The molecule has 0 aliphatic carbocycles. The summed E-state index contributed by atoms with van der Waals surface area (Å²) >= 11 is 0. The lowest BCUT2D eigenvalue weighted by molar-refractivity contribution is 0.390. The van der Waals surface area contributed by atoms with Gasteiger partial charge in [-0.3, -0.25) is 5.10 Å². The van der Waals surface area contributed by atoms with Crippen molar-refractivity contribution in [3.8, 4) is 11.1 Å². The molecular formula is C21H25FN6O2S. The van der Waals surface area contributed by atoms with Crippen LogP contribution in [0.25, 0.3) is 11.1 Å². The van der Waals surface area contributed by atoms with E-state index in [1.807, 2.05) is 14.1 Å². The molecule has 0 amide bonds.